The summed E-state index contributed by atoms with van der Waals surface area (Å²) in [5.41, 5.74) is 2.20. The number of para-hydroxylation sites is 1. The van der Waals surface area contributed by atoms with E-state index in [2.05, 4.69) is 33.0 Å². The Morgan fingerprint density at radius 2 is 2.04 bits per heavy atom. The molecule has 0 amide bonds. The first-order chi connectivity index (χ1) is 13.7. The number of H-pyrrole nitrogens is 1. The van der Waals surface area contributed by atoms with Gasteiger partial charge in [0.15, 0.2) is 0 Å². The van der Waals surface area contributed by atoms with E-state index >= 15 is 0 Å². The quantitative estimate of drug-likeness (QED) is 0.861. The molecule has 1 aromatic carbocycles. The molecule has 0 unspecified atom stereocenters. The summed E-state index contributed by atoms with van der Waals surface area (Å²) in [4.78, 5) is 20.2. The van der Waals surface area contributed by atoms with Gasteiger partial charge in [-0.2, -0.15) is 0 Å². The number of nitrogens with one attached hydrogen (secondary N) is 1. The molecule has 3 heterocycles. The van der Waals surface area contributed by atoms with Gasteiger partial charge in [0.05, 0.1) is 20.3 Å². The van der Waals surface area contributed by atoms with Gasteiger partial charge in [-0.25, -0.2) is 0 Å². The molecule has 0 bridgehead atoms. The average Bonchev–Trinajstić information content (AvgIpc) is 3.42. The van der Waals surface area contributed by atoms with E-state index in [4.69, 9.17) is 9.47 Å². The third-order valence-corrected chi connectivity index (χ3v) is 6.43. The molecular weight excluding hydrogens is 354 g/mol. The minimum atomic E-state index is -0.0318. The van der Waals surface area contributed by atoms with E-state index in [1.807, 2.05) is 12.1 Å². The van der Waals surface area contributed by atoms with Crippen LogP contribution in [0.15, 0.2) is 41.2 Å². The highest BCUT2D eigenvalue weighted by molar-refractivity contribution is 5.57. The van der Waals surface area contributed by atoms with Crippen LogP contribution in [0.25, 0.3) is 0 Å². The number of anilines is 2. The van der Waals surface area contributed by atoms with Crippen LogP contribution in [0.5, 0.6) is 5.75 Å². The van der Waals surface area contributed by atoms with Crippen molar-refractivity contribution in [2.45, 2.75) is 18.9 Å². The molecule has 2 aliphatic heterocycles. The van der Waals surface area contributed by atoms with Crippen LogP contribution in [0.1, 0.15) is 12.0 Å². The second-order valence-corrected chi connectivity index (χ2v) is 8.08. The summed E-state index contributed by atoms with van der Waals surface area (Å²) in [6.07, 6.45) is 2.23. The summed E-state index contributed by atoms with van der Waals surface area (Å²) >= 11 is 0. The number of methoxy groups -OCH3 is 1. The molecule has 3 aliphatic rings. The Kier molecular flexibility index (Phi) is 4.51. The molecule has 6 nitrogen and oxygen atoms in total. The molecule has 6 heteroatoms. The summed E-state index contributed by atoms with van der Waals surface area (Å²) in [6.45, 7) is 4.11. The van der Waals surface area contributed by atoms with Crippen LogP contribution in [0.2, 0.25) is 0 Å². The minimum Gasteiger partial charge on any atom is -0.496 e. The predicted octanol–water partition coefficient (Wildman–Crippen LogP) is 2.29. The van der Waals surface area contributed by atoms with E-state index in [9.17, 15) is 4.79 Å². The molecule has 148 valence electrons. The number of pyridine rings is 1. The van der Waals surface area contributed by atoms with Crippen molar-refractivity contribution in [2.75, 3.05) is 49.8 Å². The lowest BCUT2D eigenvalue weighted by Crippen LogP contribution is -2.39. The summed E-state index contributed by atoms with van der Waals surface area (Å²) in [5.74, 6) is 3.35. The van der Waals surface area contributed by atoms with E-state index in [-0.39, 0.29) is 5.56 Å². The largest absolute Gasteiger partial charge is 0.496 e. The minimum absolute atomic E-state index is 0.0318. The standard InChI is InChI=1S/C22H27N3O3/c1-27-20-5-3-2-4-15(20)11-19-18-10-16(18)14-25(19)21-12-17(13-22(26)23-21)24-6-8-28-9-7-24/h2-5,12-13,16,18-19H,6-11,14H2,1H3,(H,23,26)/t16-,18-,19-/m1/s1. The number of ether oxygens (including phenoxy) is 2. The monoisotopic (exact) mass is 381 g/mol. The Hall–Kier alpha value is -2.47. The van der Waals surface area contributed by atoms with Crippen LogP contribution >= 0.6 is 0 Å². The molecule has 3 atom stereocenters. The fourth-order valence-corrected chi connectivity index (χ4v) is 4.88. The SMILES string of the molecule is COc1ccccc1C[C@@H]1[C@@H]2C[C@@H]2CN1c1cc(N2CCOCC2)cc(=O)[nH]1. The zero-order chi connectivity index (χ0) is 19.1. The van der Waals surface area contributed by atoms with Crippen molar-refractivity contribution in [3.05, 3.63) is 52.3 Å². The van der Waals surface area contributed by atoms with E-state index in [1.54, 1.807) is 13.2 Å². The number of morpholine rings is 1. The second-order valence-electron chi connectivity index (χ2n) is 8.08. The maximum atomic E-state index is 12.4. The molecular formula is C22H27N3O3. The lowest BCUT2D eigenvalue weighted by molar-refractivity contribution is 0.122. The zero-order valence-electron chi connectivity index (χ0n) is 16.3. The van der Waals surface area contributed by atoms with E-state index in [1.165, 1.54) is 12.0 Å². The maximum Gasteiger partial charge on any atom is 0.251 e. The highest BCUT2D eigenvalue weighted by Crippen LogP contribution is 2.51. The first-order valence-corrected chi connectivity index (χ1v) is 10.2. The van der Waals surface area contributed by atoms with Gasteiger partial charge in [0.2, 0.25) is 0 Å². The Morgan fingerprint density at radius 1 is 1.21 bits per heavy atom. The maximum absolute atomic E-state index is 12.4. The third-order valence-electron chi connectivity index (χ3n) is 6.43. The Balaban J connectivity index is 1.43. The second kappa shape index (κ2) is 7.17. The van der Waals surface area contributed by atoms with Crippen LogP contribution in [0, 0.1) is 11.8 Å². The van der Waals surface area contributed by atoms with Gasteiger partial charge in [-0.1, -0.05) is 18.2 Å². The number of benzene rings is 1. The lowest BCUT2D eigenvalue weighted by atomic mass is 10.0. The number of fused-ring (bicyclic) bond motifs is 1. The van der Waals surface area contributed by atoms with Gasteiger partial charge in [0, 0.05) is 43.5 Å². The van der Waals surface area contributed by atoms with Crippen molar-refractivity contribution in [1.29, 1.82) is 0 Å². The van der Waals surface area contributed by atoms with Gasteiger partial charge >= 0.3 is 0 Å². The highest BCUT2D eigenvalue weighted by atomic mass is 16.5. The number of piperidine rings is 1. The number of nitrogens with zero attached hydrogens (tertiary/aromatic N) is 2. The molecule has 28 heavy (non-hydrogen) atoms. The number of rotatable bonds is 5. The van der Waals surface area contributed by atoms with Crippen LogP contribution in [-0.4, -0.2) is 51.0 Å². The molecule has 5 rings (SSSR count). The van der Waals surface area contributed by atoms with Crippen LogP contribution in [-0.2, 0) is 11.2 Å². The van der Waals surface area contributed by atoms with Gasteiger partial charge in [-0.05, 0) is 36.3 Å². The fraction of sp³-hybridized carbons (Fsp3) is 0.500. The Morgan fingerprint density at radius 3 is 2.86 bits per heavy atom. The molecule has 2 aromatic rings. The molecule has 1 N–H and O–H groups in total. The smallest absolute Gasteiger partial charge is 0.251 e. The molecule has 0 spiro atoms. The van der Waals surface area contributed by atoms with Gasteiger partial charge in [-0.3, -0.25) is 4.79 Å². The number of hydrogen-bond donors (Lipinski definition) is 1. The number of aromatic amines is 1. The summed E-state index contributed by atoms with van der Waals surface area (Å²) in [5, 5.41) is 0. The van der Waals surface area contributed by atoms with Crippen molar-refractivity contribution in [2.24, 2.45) is 11.8 Å². The van der Waals surface area contributed by atoms with E-state index in [0.717, 1.165) is 49.2 Å². The number of aromatic nitrogens is 1. The molecule has 3 fully saturated rings. The third kappa shape index (κ3) is 3.26. The lowest BCUT2D eigenvalue weighted by Gasteiger charge is -2.32. The molecule has 1 saturated carbocycles. The van der Waals surface area contributed by atoms with Crippen LogP contribution in [0.4, 0.5) is 11.5 Å². The van der Waals surface area contributed by atoms with Gasteiger partial charge in [0.25, 0.3) is 5.56 Å². The summed E-state index contributed by atoms with van der Waals surface area (Å²) in [7, 11) is 1.73. The average molecular weight is 381 g/mol. The molecule has 0 radical (unpaired) electrons. The van der Waals surface area contributed by atoms with Crippen molar-refractivity contribution >= 4 is 11.5 Å². The highest BCUT2D eigenvalue weighted by Gasteiger charge is 2.52. The van der Waals surface area contributed by atoms with E-state index in [0.29, 0.717) is 25.2 Å². The van der Waals surface area contributed by atoms with Crippen molar-refractivity contribution < 1.29 is 9.47 Å². The van der Waals surface area contributed by atoms with Gasteiger partial charge < -0.3 is 24.3 Å². The van der Waals surface area contributed by atoms with Crippen LogP contribution in [0.3, 0.4) is 0 Å². The van der Waals surface area contributed by atoms with Crippen LogP contribution < -0.4 is 20.1 Å². The predicted molar refractivity (Wildman–Crippen MR) is 110 cm³/mol. The molecule has 1 aromatic heterocycles. The normalized spacial score (nSPS) is 26.2. The molecule has 2 saturated heterocycles. The topological polar surface area (TPSA) is 57.8 Å². The fourth-order valence-electron chi connectivity index (χ4n) is 4.88. The first kappa shape index (κ1) is 17.6. The van der Waals surface area contributed by atoms with Gasteiger partial charge in [0.1, 0.15) is 11.6 Å². The molecule has 1 aliphatic carbocycles. The number of hydrogen-bond acceptors (Lipinski definition) is 5. The summed E-state index contributed by atoms with van der Waals surface area (Å²) < 4.78 is 11.0. The first-order valence-electron chi connectivity index (χ1n) is 10.2. The van der Waals surface area contributed by atoms with Gasteiger partial charge in [-0.15, -0.1) is 0 Å². The van der Waals surface area contributed by atoms with Crippen molar-refractivity contribution in [3.8, 4) is 5.75 Å². The summed E-state index contributed by atoms with van der Waals surface area (Å²) in [6, 6.07) is 12.5. The van der Waals surface area contributed by atoms with Crippen molar-refractivity contribution in [1.82, 2.24) is 4.98 Å². The zero-order valence-corrected chi connectivity index (χ0v) is 16.3. The Bertz CT molecular complexity index is 906. The van der Waals surface area contributed by atoms with E-state index < -0.39 is 0 Å². The Labute approximate surface area is 165 Å². The van der Waals surface area contributed by atoms with Crippen molar-refractivity contribution in [3.63, 3.8) is 0 Å².